The van der Waals surface area contributed by atoms with Crippen LogP contribution in [0.15, 0.2) is 42.5 Å². The fraction of sp³-hybridized carbons (Fsp3) is 0.458. The van der Waals surface area contributed by atoms with E-state index in [-0.39, 0.29) is 11.3 Å². The molecule has 2 aromatic carbocycles. The minimum atomic E-state index is -0.513. The number of rotatable bonds is 8. The summed E-state index contributed by atoms with van der Waals surface area (Å²) < 4.78 is 11.7. The second kappa shape index (κ2) is 9.63. The second-order valence-electron chi connectivity index (χ2n) is 8.13. The first-order valence-electron chi connectivity index (χ1n) is 9.96. The van der Waals surface area contributed by atoms with Gasteiger partial charge < -0.3 is 14.8 Å². The van der Waals surface area contributed by atoms with Gasteiger partial charge in [-0.15, -0.1) is 0 Å². The lowest BCUT2D eigenvalue weighted by molar-refractivity contribution is -0.128. The van der Waals surface area contributed by atoms with E-state index in [1.165, 1.54) is 11.1 Å². The van der Waals surface area contributed by atoms with Crippen LogP contribution in [0.25, 0.3) is 0 Å². The summed E-state index contributed by atoms with van der Waals surface area (Å²) in [5, 5.41) is 2.90. The summed E-state index contributed by atoms with van der Waals surface area (Å²) in [7, 11) is 0. The van der Waals surface area contributed by atoms with Crippen molar-refractivity contribution in [1.29, 1.82) is 0 Å². The number of carbonyl (C=O) groups excluding carboxylic acids is 1. The molecular weight excluding hydrogens is 350 g/mol. The van der Waals surface area contributed by atoms with Gasteiger partial charge in [0.1, 0.15) is 18.1 Å². The maximum absolute atomic E-state index is 12.4. The van der Waals surface area contributed by atoms with E-state index in [1.807, 2.05) is 38.1 Å². The summed E-state index contributed by atoms with van der Waals surface area (Å²) in [6, 6.07) is 13.9. The van der Waals surface area contributed by atoms with Crippen LogP contribution in [0.2, 0.25) is 0 Å². The molecule has 0 aliphatic carbocycles. The molecule has 0 aliphatic rings. The number of hydrogen-bond donors (Lipinski definition) is 1. The zero-order valence-electron chi connectivity index (χ0n) is 18.0. The third-order valence-electron chi connectivity index (χ3n) is 4.88. The molecule has 4 nitrogen and oxygen atoms in total. The molecule has 1 N–H and O–H groups in total. The Bertz CT molecular complexity index is 775. The SMILES string of the molecule is CC[C@@H](Oc1ccc(C(C)(C)C)cc1)C(=O)NCCOc1cccc(C)c1C. The molecule has 0 spiro atoms. The lowest BCUT2D eigenvalue weighted by atomic mass is 9.87. The van der Waals surface area contributed by atoms with Gasteiger partial charge >= 0.3 is 0 Å². The van der Waals surface area contributed by atoms with Crippen LogP contribution >= 0.6 is 0 Å². The first kappa shape index (κ1) is 21.8. The summed E-state index contributed by atoms with van der Waals surface area (Å²) in [5.74, 6) is 1.45. The lowest BCUT2D eigenvalue weighted by Crippen LogP contribution is -2.39. The number of hydrogen-bond acceptors (Lipinski definition) is 3. The Morgan fingerprint density at radius 3 is 2.36 bits per heavy atom. The highest BCUT2D eigenvalue weighted by Crippen LogP contribution is 2.25. The summed E-state index contributed by atoms with van der Waals surface area (Å²) in [6.07, 6.45) is 0.0891. The normalized spacial score (nSPS) is 12.4. The third-order valence-corrected chi connectivity index (χ3v) is 4.88. The number of nitrogens with one attached hydrogen (secondary N) is 1. The maximum atomic E-state index is 12.4. The Hall–Kier alpha value is -2.49. The van der Waals surface area contributed by atoms with E-state index in [1.54, 1.807) is 0 Å². The summed E-state index contributed by atoms with van der Waals surface area (Å²) >= 11 is 0. The van der Waals surface area contributed by atoms with Gasteiger partial charge in [-0.2, -0.15) is 0 Å². The Labute approximate surface area is 169 Å². The highest BCUT2D eigenvalue weighted by Gasteiger charge is 2.19. The molecule has 1 atom stereocenters. The quantitative estimate of drug-likeness (QED) is 0.656. The molecule has 0 aliphatic heterocycles. The van der Waals surface area contributed by atoms with Crippen molar-refractivity contribution in [2.75, 3.05) is 13.2 Å². The zero-order chi connectivity index (χ0) is 20.7. The van der Waals surface area contributed by atoms with Crippen LogP contribution in [-0.2, 0) is 10.2 Å². The fourth-order valence-corrected chi connectivity index (χ4v) is 2.85. The Morgan fingerprint density at radius 1 is 1.07 bits per heavy atom. The van der Waals surface area contributed by atoms with Crippen LogP contribution in [0.3, 0.4) is 0 Å². The van der Waals surface area contributed by atoms with Crippen molar-refractivity contribution in [2.24, 2.45) is 0 Å². The highest BCUT2D eigenvalue weighted by atomic mass is 16.5. The van der Waals surface area contributed by atoms with Crippen LogP contribution in [0, 0.1) is 13.8 Å². The van der Waals surface area contributed by atoms with Crippen molar-refractivity contribution < 1.29 is 14.3 Å². The van der Waals surface area contributed by atoms with Gasteiger partial charge in [0, 0.05) is 0 Å². The van der Waals surface area contributed by atoms with E-state index in [0.29, 0.717) is 25.3 Å². The molecular formula is C24H33NO3. The van der Waals surface area contributed by atoms with Gasteiger partial charge in [0.15, 0.2) is 6.10 Å². The molecule has 4 heteroatoms. The molecule has 28 heavy (non-hydrogen) atoms. The van der Waals surface area contributed by atoms with Gasteiger partial charge in [0.05, 0.1) is 6.54 Å². The minimum absolute atomic E-state index is 0.0930. The van der Waals surface area contributed by atoms with Crippen molar-refractivity contribution in [3.8, 4) is 11.5 Å². The number of aryl methyl sites for hydroxylation is 1. The van der Waals surface area contributed by atoms with Gasteiger partial charge in [0.2, 0.25) is 0 Å². The van der Waals surface area contributed by atoms with Crippen LogP contribution < -0.4 is 14.8 Å². The van der Waals surface area contributed by atoms with E-state index >= 15 is 0 Å². The third kappa shape index (κ3) is 6.01. The van der Waals surface area contributed by atoms with Crippen molar-refractivity contribution >= 4 is 5.91 Å². The van der Waals surface area contributed by atoms with E-state index in [4.69, 9.17) is 9.47 Å². The Balaban J connectivity index is 1.83. The van der Waals surface area contributed by atoms with Crippen molar-refractivity contribution in [3.63, 3.8) is 0 Å². The van der Waals surface area contributed by atoms with Gasteiger partial charge in [-0.05, 0) is 60.6 Å². The van der Waals surface area contributed by atoms with E-state index < -0.39 is 6.10 Å². The molecule has 0 fully saturated rings. The molecule has 0 unspecified atom stereocenters. The molecule has 0 saturated carbocycles. The molecule has 0 heterocycles. The van der Waals surface area contributed by atoms with Gasteiger partial charge in [0.25, 0.3) is 5.91 Å². The van der Waals surface area contributed by atoms with E-state index in [0.717, 1.165) is 11.3 Å². The summed E-state index contributed by atoms with van der Waals surface area (Å²) in [4.78, 5) is 12.4. The zero-order valence-corrected chi connectivity index (χ0v) is 18.0. The Morgan fingerprint density at radius 2 is 1.75 bits per heavy atom. The van der Waals surface area contributed by atoms with Crippen molar-refractivity contribution in [2.45, 2.75) is 59.5 Å². The lowest BCUT2D eigenvalue weighted by Gasteiger charge is -2.21. The van der Waals surface area contributed by atoms with Crippen LogP contribution in [0.1, 0.15) is 50.8 Å². The smallest absolute Gasteiger partial charge is 0.261 e. The van der Waals surface area contributed by atoms with Crippen LogP contribution in [0.5, 0.6) is 11.5 Å². The van der Waals surface area contributed by atoms with Gasteiger partial charge in [-0.3, -0.25) is 4.79 Å². The fourth-order valence-electron chi connectivity index (χ4n) is 2.85. The topological polar surface area (TPSA) is 47.6 Å². The predicted molar refractivity (Wildman–Crippen MR) is 114 cm³/mol. The van der Waals surface area contributed by atoms with Crippen LogP contribution in [0.4, 0.5) is 0 Å². The monoisotopic (exact) mass is 383 g/mol. The second-order valence-corrected chi connectivity index (χ2v) is 8.13. The molecule has 0 radical (unpaired) electrons. The van der Waals surface area contributed by atoms with Crippen molar-refractivity contribution in [3.05, 3.63) is 59.2 Å². The number of amides is 1. The van der Waals surface area contributed by atoms with E-state index in [9.17, 15) is 4.79 Å². The molecule has 0 aromatic heterocycles. The number of benzene rings is 2. The molecule has 1 amide bonds. The first-order valence-corrected chi connectivity index (χ1v) is 9.96. The summed E-state index contributed by atoms with van der Waals surface area (Å²) in [6.45, 7) is 13.4. The molecule has 0 saturated heterocycles. The number of ether oxygens (including phenoxy) is 2. The van der Waals surface area contributed by atoms with Gasteiger partial charge in [-0.1, -0.05) is 52.0 Å². The average molecular weight is 384 g/mol. The molecule has 0 bridgehead atoms. The number of carbonyl (C=O) groups is 1. The largest absolute Gasteiger partial charge is 0.491 e. The maximum Gasteiger partial charge on any atom is 0.261 e. The molecule has 2 aromatic rings. The van der Waals surface area contributed by atoms with Crippen molar-refractivity contribution in [1.82, 2.24) is 5.32 Å². The minimum Gasteiger partial charge on any atom is -0.491 e. The van der Waals surface area contributed by atoms with Gasteiger partial charge in [-0.25, -0.2) is 0 Å². The van der Waals surface area contributed by atoms with Crippen LogP contribution in [-0.4, -0.2) is 25.2 Å². The first-order chi connectivity index (χ1) is 13.2. The molecule has 152 valence electrons. The molecule has 2 rings (SSSR count). The highest BCUT2D eigenvalue weighted by molar-refractivity contribution is 5.81. The van der Waals surface area contributed by atoms with E-state index in [2.05, 4.69) is 51.2 Å². The Kier molecular flexibility index (Phi) is 7.50. The standard InChI is InChI=1S/C24H33NO3/c1-7-21(28-20-13-11-19(12-14-20)24(4,5)6)23(26)25-15-16-27-22-10-8-9-17(2)18(22)3/h8-14,21H,7,15-16H2,1-6H3,(H,25,26)/t21-/m1/s1. The summed E-state index contributed by atoms with van der Waals surface area (Å²) in [5.41, 5.74) is 3.65. The predicted octanol–water partition coefficient (Wildman–Crippen LogP) is 4.95. The average Bonchev–Trinajstić information content (AvgIpc) is 2.66.